The van der Waals surface area contributed by atoms with Crippen LogP contribution < -0.4 is 15.8 Å². The van der Waals surface area contributed by atoms with Gasteiger partial charge in [-0.1, -0.05) is 58.3 Å². The van der Waals surface area contributed by atoms with Crippen LogP contribution in [0.5, 0.6) is 0 Å². The normalized spacial score (nSPS) is 12.8. The molecule has 0 atom stereocenters. The third-order valence-electron chi connectivity index (χ3n) is 8.49. The van der Waals surface area contributed by atoms with Crippen molar-refractivity contribution in [2.24, 2.45) is 7.05 Å². The number of pyridine rings is 2. The highest BCUT2D eigenvalue weighted by atomic mass is 32.2. The minimum absolute atomic E-state index is 0.0493. The molecule has 2 N–H and O–H groups in total. The second-order valence-corrected chi connectivity index (χ2v) is 14.4. The van der Waals surface area contributed by atoms with E-state index in [1.165, 1.54) is 41.6 Å². The Kier molecular flexibility index (Phi) is 10.2. The molecule has 5 rings (SSSR count). The van der Waals surface area contributed by atoms with E-state index in [4.69, 9.17) is 0 Å². The predicted molar refractivity (Wildman–Crippen MR) is 177 cm³/mol. The van der Waals surface area contributed by atoms with Gasteiger partial charge in [-0.3, -0.25) is 9.59 Å². The quantitative estimate of drug-likeness (QED) is 0.147. The second kappa shape index (κ2) is 14.1. The topological polar surface area (TPSA) is 117 Å². The van der Waals surface area contributed by atoms with E-state index in [0.29, 0.717) is 39.8 Å². The number of halogens is 2. The zero-order chi connectivity index (χ0) is 33.0. The maximum atomic E-state index is 15.3. The Morgan fingerprint density at radius 3 is 2.39 bits per heavy atom. The minimum atomic E-state index is -3.58. The first-order valence-electron chi connectivity index (χ1n) is 15.9. The number of unbranched alkanes of at least 4 members (excludes halogenated alkanes) is 8. The number of sulfone groups is 1. The summed E-state index contributed by atoms with van der Waals surface area (Å²) in [5.41, 5.74) is 2.60. The molecule has 3 aromatic heterocycles. The monoisotopic (exact) mass is 653 g/mol. The lowest BCUT2D eigenvalue weighted by atomic mass is 9.96. The average Bonchev–Trinajstić information content (AvgIpc) is 3.37. The fourth-order valence-electron chi connectivity index (χ4n) is 6.23. The molecule has 0 spiro atoms. The van der Waals surface area contributed by atoms with E-state index in [1.807, 2.05) is 0 Å². The number of nitrogens with one attached hydrogen (secondary N) is 2. The van der Waals surface area contributed by atoms with Crippen LogP contribution in [0, 0.1) is 11.6 Å². The number of aromatic amines is 1. The number of hydrogen-bond donors (Lipinski definition) is 2. The Labute approximate surface area is 268 Å². The zero-order valence-corrected chi connectivity index (χ0v) is 27.4. The van der Waals surface area contributed by atoms with Crippen LogP contribution in [-0.4, -0.2) is 41.7 Å². The molecular weight excluding hydrogens is 612 g/mol. The molecule has 0 saturated heterocycles. The van der Waals surface area contributed by atoms with Crippen molar-refractivity contribution in [1.82, 2.24) is 19.9 Å². The summed E-state index contributed by atoms with van der Waals surface area (Å²) >= 11 is 0. The summed E-state index contributed by atoms with van der Waals surface area (Å²) in [6.07, 6.45) is 15.5. The number of nitrogens with zero attached hydrogens (tertiary/aromatic N) is 3. The molecule has 0 radical (unpaired) electrons. The number of rotatable bonds is 14. The number of hydrogen-bond acceptors (Lipinski definition) is 6. The molecule has 0 saturated carbocycles. The number of amides is 1. The number of aryl methyl sites for hydroxylation is 1. The Morgan fingerprint density at radius 2 is 1.72 bits per heavy atom. The summed E-state index contributed by atoms with van der Waals surface area (Å²) in [6, 6.07) is 3.91. The van der Waals surface area contributed by atoms with Gasteiger partial charge in [0.05, 0.1) is 24.2 Å². The van der Waals surface area contributed by atoms with E-state index in [0.717, 1.165) is 44.2 Å². The SMILES string of the molecule is CCCCCCCCCCCNC(=O)c1cc2c(cc1CS(C)(=O)=O)-c1cn(C)c(=O)c3[nH]cc(c13)CN2c1ncc(F)cc1F. The highest BCUT2D eigenvalue weighted by Gasteiger charge is 2.30. The van der Waals surface area contributed by atoms with Crippen LogP contribution in [0.2, 0.25) is 0 Å². The van der Waals surface area contributed by atoms with Gasteiger partial charge in [0.1, 0.15) is 11.3 Å². The Balaban J connectivity index is 1.52. The van der Waals surface area contributed by atoms with Gasteiger partial charge >= 0.3 is 0 Å². The molecule has 1 aromatic carbocycles. The van der Waals surface area contributed by atoms with Crippen molar-refractivity contribution in [3.8, 4) is 11.1 Å². The van der Waals surface area contributed by atoms with E-state index in [-0.39, 0.29) is 29.0 Å². The van der Waals surface area contributed by atoms with Gasteiger partial charge < -0.3 is 19.8 Å². The molecule has 4 heterocycles. The van der Waals surface area contributed by atoms with Gasteiger partial charge in [0.15, 0.2) is 21.5 Å². The molecule has 46 heavy (non-hydrogen) atoms. The van der Waals surface area contributed by atoms with Crippen molar-refractivity contribution in [2.45, 2.75) is 77.0 Å². The van der Waals surface area contributed by atoms with Gasteiger partial charge in [0.2, 0.25) is 0 Å². The van der Waals surface area contributed by atoms with Crippen LogP contribution in [0.3, 0.4) is 0 Å². The van der Waals surface area contributed by atoms with E-state index < -0.39 is 33.1 Å². The van der Waals surface area contributed by atoms with Gasteiger partial charge in [-0.25, -0.2) is 22.2 Å². The molecule has 0 bridgehead atoms. The molecule has 0 unspecified atom stereocenters. The molecule has 1 aliphatic heterocycles. The lowest BCUT2D eigenvalue weighted by molar-refractivity contribution is 0.0952. The molecule has 0 aliphatic carbocycles. The van der Waals surface area contributed by atoms with Crippen LogP contribution in [0.15, 0.2) is 41.6 Å². The molecule has 0 fully saturated rings. The highest BCUT2D eigenvalue weighted by molar-refractivity contribution is 7.89. The fourth-order valence-corrected chi connectivity index (χ4v) is 7.04. The zero-order valence-electron chi connectivity index (χ0n) is 26.6. The minimum Gasteiger partial charge on any atom is -0.356 e. The number of aromatic nitrogens is 3. The summed E-state index contributed by atoms with van der Waals surface area (Å²) in [7, 11) is -1.97. The lowest BCUT2D eigenvalue weighted by Crippen LogP contribution is -2.27. The van der Waals surface area contributed by atoms with E-state index in [1.54, 1.807) is 31.6 Å². The fraction of sp³-hybridized carbons (Fsp3) is 0.441. The van der Waals surface area contributed by atoms with Crippen LogP contribution >= 0.6 is 0 Å². The maximum absolute atomic E-state index is 15.3. The Morgan fingerprint density at radius 1 is 1.02 bits per heavy atom. The lowest BCUT2D eigenvalue weighted by Gasteiger charge is -2.26. The number of anilines is 2. The van der Waals surface area contributed by atoms with E-state index in [2.05, 4.69) is 22.2 Å². The van der Waals surface area contributed by atoms with Crippen LogP contribution in [-0.2, 0) is 29.2 Å². The average molecular weight is 654 g/mol. The third-order valence-corrected chi connectivity index (χ3v) is 9.33. The number of fused-ring (bicyclic) bond motifs is 2. The first-order valence-corrected chi connectivity index (χ1v) is 18.0. The molecule has 12 heteroatoms. The molecule has 1 amide bonds. The smallest absolute Gasteiger partial charge is 0.274 e. The Bertz CT molecular complexity index is 1920. The van der Waals surface area contributed by atoms with Crippen LogP contribution in [0.25, 0.3) is 22.0 Å². The van der Waals surface area contributed by atoms with Gasteiger partial charge in [-0.05, 0) is 29.7 Å². The largest absolute Gasteiger partial charge is 0.356 e. The van der Waals surface area contributed by atoms with E-state index in [9.17, 15) is 22.4 Å². The number of carbonyl (C=O) groups is 1. The number of H-pyrrole nitrogens is 1. The number of carbonyl (C=O) groups excluding carboxylic acids is 1. The van der Waals surface area contributed by atoms with Crippen molar-refractivity contribution in [3.05, 3.63) is 75.5 Å². The van der Waals surface area contributed by atoms with Crippen molar-refractivity contribution >= 4 is 38.2 Å². The second-order valence-electron chi connectivity index (χ2n) is 12.2. The maximum Gasteiger partial charge on any atom is 0.274 e. The summed E-state index contributed by atoms with van der Waals surface area (Å²) in [5, 5.41) is 3.55. The molecule has 246 valence electrons. The van der Waals surface area contributed by atoms with Gasteiger partial charge in [-0.2, -0.15) is 0 Å². The molecule has 4 aromatic rings. The van der Waals surface area contributed by atoms with Gasteiger partial charge in [0, 0.05) is 60.4 Å². The highest BCUT2D eigenvalue weighted by Crippen LogP contribution is 2.45. The van der Waals surface area contributed by atoms with E-state index >= 15 is 4.39 Å². The summed E-state index contributed by atoms with van der Waals surface area (Å²) in [5.74, 6) is -2.77. The van der Waals surface area contributed by atoms with Crippen LogP contribution in [0.1, 0.15) is 86.2 Å². The van der Waals surface area contributed by atoms with Crippen molar-refractivity contribution in [1.29, 1.82) is 0 Å². The Hall–Kier alpha value is -4.06. The van der Waals surface area contributed by atoms with Crippen molar-refractivity contribution in [2.75, 3.05) is 17.7 Å². The predicted octanol–water partition coefficient (Wildman–Crippen LogP) is 6.66. The van der Waals surface area contributed by atoms with Gasteiger partial charge in [0.25, 0.3) is 11.5 Å². The number of benzene rings is 1. The molecule has 1 aliphatic rings. The summed E-state index contributed by atoms with van der Waals surface area (Å²) < 4.78 is 55.8. The molecule has 9 nitrogen and oxygen atoms in total. The summed E-state index contributed by atoms with van der Waals surface area (Å²) in [6.45, 7) is 2.67. The molecular formula is C34H41F2N5O4S. The first kappa shape index (κ1) is 33.3. The van der Waals surface area contributed by atoms with Gasteiger partial charge in [-0.15, -0.1) is 0 Å². The summed E-state index contributed by atoms with van der Waals surface area (Å²) in [4.78, 5) is 35.3. The third kappa shape index (κ3) is 7.32. The van der Waals surface area contributed by atoms with Crippen molar-refractivity contribution in [3.63, 3.8) is 0 Å². The van der Waals surface area contributed by atoms with Crippen LogP contribution in [0.4, 0.5) is 20.3 Å². The first-order chi connectivity index (χ1) is 22.0. The standard InChI is InChI=1S/C34H41F2N5O4S/c1-4-5-6-7-8-9-10-11-12-13-37-33(42)25-16-29-26(14-22(25)21-46(3,44)45)27-20-40(2)34(43)31-30(27)23(17-38-31)19-41(29)32-28(36)15-24(35)18-39-32/h14-18,20,38H,4-13,19,21H2,1-3H3,(H,37,42). The van der Waals surface area contributed by atoms with Crippen molar-refractivity contribution < 1.29 is 22.0 Å².